The van der Waals surface area contributed by atoms with E-state index in [9.17, 15) is 23.5 Å². The Kier molecular flexibility index (Phi) is 7.37. The summed E-state index contributed by atoms with van der Waals surface area (Å²) in [5.74, 6) is -1.68. The van der Waals surface area contributed by atoms with Crippen molar-refractivity contribution in [1.29, 1.82) is 0 Å². The van der Waals surface area contributed by atoms with E-state index in [1.165, 1.54) is 23.0 Å². The monoisotopic (exact) mass is 505 g/mol. The van der Waals surface area contributed by atoms with Crippen LogP contribution in [0, 0.1) is 18.6 Å². The lowest BCUT2D eigenvalue weighted by molar-refractivity contribution is 0.0541. The van der Waals surface area contributed by atoms with E-state index in [2.05, 4.69) is 15.0 Å². The summed E-state index contributed by atoms with van der Waals surface area (Å²) in [5.41, 5.74) is 0.0576. The van der Waals surface area contributed by atoms with E-state index in [4.69, 9.17) is 16.3 Å². The molecular weight excluding hydrogens is 484 g/mol. The minimum Gasteiger partial charge on any atom is -0.471 e. The van der Waals surface area contributed by atoms with Crippen molar-refractivity contribution in [2.24, 2.45) is 0 Å². The molecule has 0 saturated carbocycles. The van der Waals surface area contributed by atoms with Crippen molar-refractivity contribution in [3.8, 4) is 5.88 Å². The van der Waals surface area contributed by atoms with Crippen LogP contribution in [0.4, 0.5) is 8.78 Å². The average Bonchev–Trinajstić information content (AvgIpc) is 2.84. The molecule has 9 nitrogen and oxygen atoms in total. The molecule has 1 amide bonds. The maximum atomic E-state index is 13.8. The fourth-order valence-corrected chi connectivity index (χ4v) is 3.82. The Balaban J connectivity index is 1.46. The van der Waals surface area contributed by atoms with Gasteiger partial charge in [-0.15, -0.1) is 0 Å². The molecule has 0 aliphatic carbocycles. The van der Waals surface area contributed by atoms with Crippen molar-refractivity contribution in [3.05, 3.63) is 80.4 Å². The van der Waals surface area contributed by atoms with Gasteiger partial charge in [-0.05, 0) is 31.9 Å². The summed E-state index contributed by atoms with van der Waals surface area (Å²) >= 11 is 6.15. The first-order valence-electron chi connectivity index (χ1n) is 10.8. The minimum atomic E-state index is -0.787. The van der Waals surface area contributed by atoms with E-state index >= 15 is 0 Å². The summed E-state index contributed by atoms with van der Waals surface area (Å²) < 4.78 is 33.6. The van der Waals surface area contributed by atoms with Gasteiger partial charge >= 0.3 is 0 Å². The van der Waals surface area contributed by atoms with Gasteiger partial charge in [-0.3, -0.25) is 19.1 Å². The lowest BCUT2D eigenvalue weighted by Gasteiger charge is -2.29. The number of aliphatic hydroxyl groups is 1. The fraction of sp³-hybridized carbons (Fsp3) is 0.348. The standard InChI is InChI=1S/C23H22ClF2N5O4/c1-13-29-21(35-12-14-2-3-15(25)8-18(14)26)20(24)23(34)31(13)11-16-9-28-19(10-27-16)22(33)30-6-4-17(32)5-7-30/h2-3,8-10,17,32H,4-7,11-12H2,1H3. The van der Waals surface area contributed by atoms with Gasteiger partial charge in [-0.2, -0.15) is 4.98 Å². The molecule has 0 spiro atoms. The van der Waals surface area contributed by atoms with E-state index in [0.29, 0.717) is 31.6 Å². The first-order chi connectivity index (χ1) is 16.7. The largest absolute Gasteiger partial charge is 0.471 e. The van der Waals surface area contributed by atoms with Crippen LogP contribution >= 0.6 is 11.6 Å². The predicted molar refractivity (Wildman–Crippen MR) is 121 cm³/mol. The van der Waals surface area contributed by atoms with E-state index < -0.39 is 23.3 Å². The van der Waals surface area contributed by atoms with Crippen LogP contribution in [-0.4, -0.2) is 54.6 Å². The van der Waals surface area contributed by atoms with Gasteiger partial charge in [0.1, 0.15) is 29.8 Å². The number of aliphatic hydroxyl groups excluding tert-OH is 1. The highest BCUT2D eigenvalue weighted by Crippen LogP contribution is 2.21. The lowest BCUT2D eigenvalue weighted by atomic mass is 10.1. The number of piperidine rings is 1. The van der Waals surface area contributed by atoms with Crippen LogP contribution in [0.5, 0.6) is 5.88 Å². The molecule has 1 fully saturated rings. The SMILES string of the molecule is Cc1nc(OCc2ccc(F)cc2F)c(Cl)c(=O)n1Cc1cnc(C(=O)N2CCC(O)CC2)cn1. The predicted octanol–water partition coefficient (Wildman–Crippen LogP) is 2.50. The van der Waals surface area contributed by atoms with Gasteiger partial charge in [0.25, 0.3) is 11.5 Å². The van der Waals surface area contributed by atoms with Crippen molar-refractivity contribution in [1.82, 2.24) is 24.4 Å². The highest BCUT2D eigenvalue weighted by Gasteiger charge is 2.23. The summed E-state index contributed by atoms with van der Waals surface area (Å²) in [4.78, 5) is 39.6. The van der Waals surface area contributed by atoms with Crippen molar-refractivity contribution in [3.63, 3.8) is 0 Å². The number of ether oxygens (including phenoxy) is 1. The Morgan fingerprint density at radius 1 is 1.23 bits per heavy atom. The van der Waals surface area contributed by atoms with Crippen molar-refractivity contribution < 1.29 is 23.4 Å². The molecule has 0 atom stereocenters. The molecule has 0 unspecified atom stereocenters. The van der Waals surface area contributed by atoms with Crippen LogP contribution in [0.25, 0.3) is 0 Å². The summed E-state index contributed by atoms with van der Waals surface area (Å²) in [6, 6.07) is 3.05. The summed E-state index contributed by atoms with van der Waals surface area (Å²) in [6.45, 7) is 2.17. The zero-order valence-electron chi connectivity index (χ0n) is 18.7. The normalized spacial score (nSPS) is 14.3. The first-order valence-corrected chi connectivity index (χ1v) is 11.2. The number of rotatable bonds is 6. The number of benzene rings is 1. The molecule has 3 aromatic rings. The maximum absolute atomic E-state index is 13.8. The number of aryl methyl sites for hydroxylation is 1. The summed E-state index contributed by atoms with van der Waals surface area (Å²) in [5, 5.41) is 9.30. The fourth-order valence-electron chi connectivity index (χ4n) is 3.62. The topological polar surface area (TPSA) is 110 Å². The van der Waals surface area contributed by atoms with Crippen molar-refractivity contribution >= 4 is 17.5 Å². The third-order valence-corrected chi connectivity index (χ3v) is 5.97. The van der Waals surface area contributed by atoms with Crippen molar-refractivity contribution in [2.75, 3.05) is 13.1 Å². The number of halogens is 3. The van der Waals surface area contributed by atoms with E-state index in [-0.39, 0.29) is 47.0 Å². The number of likely N-dealkylation sites (tertiary alicyclic amines) is 1. The Labute approximate surface area is 204 Å². The average molecular weight is 506 g/mol. The molecule has 12 heteroatoms. The van der Waals surface area contributed by atoms with Crippen LogP contribution in [0.3, 0.4) is 0 Å². The van der Waals surface area contributed by atoms with Crippen LogP contribution in [0.15, 0.2) is 35.4 Å². The Hall–Kier alpha value is -3.44. The molecule has 1 aliphatic heterocycles. The number of hydrogen-bond acceptors (Lipinski definition) is 7. The number of carbonyl (C=O) groups is 1. The second-order valence-corrected chi connectivity index (χ2v) is 8.49. The minimum absolute atomic E-state index is 0.00162. The molecule has 3 heterocycles. The van der Waals surface area contributed by atoms with Crippen LogP contribution in [-0.2, 0) is 13.2 Å². The van der Waals surface area contributed by atoms with E-state index in [0.717, 1.165) is 12.1 Å². The van der Waals surface area contributed by atoms with Gasteiger partial charge in [0.15, 0.2) is 5.02 Å². The smallest absolute Gasteiger partial charge is 0.276 e. The highest BCUT2D eigenvalue weighted by atomic mass is 35.5. The number of amides is 1. The van der Waals surface area contributed by atoms with Gasteiger partial charge in [0.05, 0.1) is 30.7 Å². The second-order valence-electron chi connectivity index (χ2n) is 8.11. The highest BCUT2D eigenvalue weighted by molar-refractivity contribution is 6.31. The number of carbonyl (C=O) groups excluding carboxylic acids is 1. The molecule has 0 radical (unpaired) electrons. The molecular formula is C23H22ClF2N5O4. The third-order valence-electron chi connectivity index (χ3n) is 5.65. The Morgan fingerprint density at radius 2 is 1.97 bits per heavy atom. The summed E-state index contributed by atoms with van der Waals surface area (Å²) in [7, 11) is 0. The Morgan fingerprint density at radius 3 is 2.63 bits per heavy atom. The zero-order chi connectivity index (χ0) is 25.1. The van der Waals surface area contributed by atoms with E-state index in [1.54, 1.807) is 11.8 Å². The number of aromatic nitrogens is 4. The third kappa shape index (κ3) is 5.63. The quantitative estimate of drug-likeness (QED) is 0.548. The molecule has 0 bridgehead atoms. The number of hydrogen-bond donors (Lipinski definition) is 1. The Bertz CT molecular complexity index is 1290. The van der Waals surface area contributed by atoms with Crippen LogP contribution in [0.2, 0.25) is 5.02 Å². The summed E-state index contributed by atoms with van der Waals surface area (Å²) in [6.07, 6.45) is 3.38. The van der Waals surface area contributed by atoms with Crippen LogP contribution in [0.1, 0.15) is 40.4 Å². The van der Waals surface area contributed by atoms with Gasteiger partial charge in [0.2, 0.25) is 5.88 Å². The molecule has 1 aliphatic rings. The molecule has 1 saturated heterocycles. The lowest BCUT2D eigenvalue weighted by Crippen LogP contribution is -2.40. The molecule has 1 N–H and O–H groups in total. The van der Waals surface area contributed by atoms with Crippen molar-refractivity contribution in [2.45, 2.75) is 39.0 Å². The van der Waals surface area contributed by atoms with Gasteiger partial charge < -0.3 is 14.7 Å². The van der Waals surface area contributed by atoms with Gasteiger partial charge in [-0.25, -0.2) is 13.8 Å². The second kappa shape index (κ2) is 10.4. The molecule has 4 rings (SSSR count). The van der Waals surface area contributed by atoms with Gasteiger partial charge in [0, 0.05) is 24.7 Å². The molecule has 2 aromatic heterocycles. The molecule has 184 valence electrons. The molecule has 1 aromatic carbocycles. The molecule has 35 heavy (non-hydrogen) atoms. The maximum Gasteiger partial charge on any atom is 0.276 e. The number of nitrogens with zero attached hydrogens (tertiary/aromatic N) is 5. The van der Waals surface area contributed by atoms with Crippen LogP contribution < -0.4 is 10.3 Å². The first kappa shape index (κ1) is 24.7. The zero-order valence-corrected chi connectivity index (χ0v) is 19.5. The van der Waals surface area contributed by atoms with E-state index in [1.807, 2.05) is 0 Å². The van der Waals surface area contributed by atoms with Gasteiger partial charge in [-0.1, -0.05) is 11.6 Å².